The van der Waals surface area contributed by atoms with Gasteiger partial charge in [-0.25, -0.2) is 4.79 Å². The summed E-state index contributed by atoms with van der Waals surface area (Å²) in [5.41, 5.74) is 3.08. The molecule has 0 saturated heterocycles. The summed E-state index contributed by atoms with van der Waals surface area (Å²) in [6.45, 7) is 3.17. The molecule has 0 aliphatic carbocycles. The summed E-state index contributed by atoms with van der Waals surface area (Å²) < 4.78 is 5.14. The van der Waals surface area contributed by atoms with Crippen molar-refractivity contribution in [3.8, 4) is 5.75 Å². The van der Waals surface area contributed by atoms with E-state index >= 15 is 0 Å². The van der Waals surface area contributed by atoms with Crippen molar-refractivity contribution in [2.24, 2.45) is 0 Å². The number of hydrogen-bond acceptors (Lipinski definition) is 4. The number of benzene rings is 3. The molecule has 7 heteroatoms. The van der Waals surface area contributed by atoms with Gasteiger partial charge in [0.15, 0.2) is 0 Å². The molecule has 3 aromatic rings. The molecule has 164 valence electrons. The lowest BCUT2D eigenvalue weighted by Gasteiger charge is -2.32. The van der Waals surface area contributed by atoms with E-state index in [4.69, 9.17) is 4.74 Å². The molecule has 4 rings (SSSR count). The van der Waals surface area contributed by atoms with Crippen LogP contribution in [0.2, 0.25) is 0 Å². The van der Waals surface area contributed by atoms with Crippen molar-refractivity contribution >= 4 is 35.1 Å². The molecule has 0 fully saturated rings. The van der Waals surface area contributed by atoms with E-state index in [1.807, 2.05) is 48.5 Å². The first-order chi connectivity index (χ1) is 15.5. The van der Waals surface area contributed by atoms with E-state index in [2.05, 4.69) is 17.6 Å². The molecule has 0 bridgehead atoms. The average molecular weight is 448 g/mol. The Bertz CT molecular complexity index is 1100. The molecule has 0 saturated carbocycles. The zero-order chi connectivity index (χ0) is 22.5. The molecular formula is C25H25N3O3S. The number of thioether (sulfide) groups is 1. The van der Waals surface area contributed by atoms with Crippen LogP contribution in [0.5, 0.6) is 5.75 Å². The van der Waals surface area contributed by atoms with Crippen LogP contribution in [0.4, 0.5) is 16.2 Å². The number of ether oxygens (including phenoxy) is 1. The summed E-state index contributed by atoms with van der Waals surface area (Å²) in [5.74, 6) is 0.605. The van der Waals surface area contributed by atoms with E-state index in [0.717, 1.165) is 21.9 Å². The third kappa shape index (κ3) is 5.06. The third-order valence-corrected chi connectivity index (χ3v) is 6.33. The number of carbonyl (C=O) groups is 2. The fraction of sp³-hybridized carbons (Fsp3) is 0.200. The SMILES string of the molecule is COc1ccc(CNC(=O)c2ccc(NC(=O)N3C[C@@H](C)Sc4ccccc43)cc2)cc1. The molecule has 6 nitrogen and oxygen atoms in total. The molecular weight excluding hydrogens is 422 g/mol. The van der Waals surface area contributed by atoms with Crippen LogP contribution in [0.15, 0.2) is 77.7 Å². The van der Waals surface area contributed by atoms with Crippen LogP contribution in [0.3, 0.4) is 0 Å². The lowest BCUT2D eigenvalue weighted by Crippen LogP contribution is -2.41. The molecule has 0 aromatic heterocycles. The minimum Gasteiger partial charge on any atom is -0.497 e. The van der Waals surface area contributed by atoms with Crippen LogP contribution < -0.4 is 20.3 Å². The topological polar surface area (TPSA) is 70.7 Å². The highest BCUT2D eigenvalue weighted by Crippen LogP contribution is 2.38. The van der Waals surface area contributed by atoms with Gasteiger partial charge >= 0.3 is 6.03 Å². The molecule has 1 aliphatic rings. The van der Waals surface area contributed by atoms with Gasteiger partial charge in [-0.15, -0.1) is 11.8 Å². The molecule has 32 heavy (non-hydrogen) atoms. The van der Waals surface area contributed by atoms with Crippen LogP contribution in [0, 0.1) is 0 Å². The number of nitrogens with one attached hydrogen (secondary N) is 2. The average Bonchev–Trinajstić information content (AvgIpc) is 2.82. The number of methoxy groups -OCH3 is 1. The number of hydrogen-bond donors (Lipinski definition) is 2. The Labute approximate surface area is 192 Å². The first-order valence-corrected chi connectivity index (χ1v) is 11.3. The van der Waals surface area contributed by atoms with Gasteiger partial charge in [-0.3, -0.25) is 9.69 Å². The Morgan fingerprint density at radius 1 is 1.03 bits per heavy atom. The maximum atomic E-state index is 12.9. The van der Waals surface area contributed by atoms with Crippen molar-refractivity contribution in [2.45, 2.75) is 23.6 Å². The Kier molecular flexibility index (Phi) is 6.66. The summed E-state index contributed by atoms with van der Waals surface area (Å²) in [4.78, 5) is 28.3. The fourth-order valence-corrected chi connectivity index (χ4v) is 4.62. The zero-order valence-corrected chi connectivity index (χ0v) is 18.8. The van der Waals surface area contributed by atoms with Crippen molar-refractivity contribution in [1.29, 1.82) is 0 Å². The van der Waals surface area contributed by atoms with E-state index in [-0.39, 0.29) is 11.9 Å². The molecule has 1 aliphatic heterocycles. The van der Waals surface area contributed by atoms with Gasteiger partial charge in [0.2, 0.25) is 0 Å². The van der Waals surface area contributed by atoms with Crippen molar-refractivity contribution in [1.82, 2.24) is 5.32 Å². The molecule has 1 heterocycles. The largest absolute Gasteiger partial charge is 0.497 e. The summed E-state index contributed by atoms with van der Waals surface area (Å²) in [6, 6.07) is 22.2. The monoisotopic (exact) mass is 447 g/mol. The molecule has 1 atom stereocenters. The summed E-state index contributed by atoms with van der Waals surface area (Å²) in [6.07, 6.45) is 0. The number of carbonyl (C=O) groups excluding carboxylic acids is 2. The fourth-order valence-electron chi connectivity index (χ4n) is 3.51. The smallest absolute Gasteiger partial charge is 0.326 e. The lowest BCUT2D eigenvalue weighted by molar-refractivity contribution is 0.0951. The highest BCUT2D eigenvalue weighted by Gasteiger charge is 2.26. The van der Waals surface area contributed by atoms with E-state index < -0.39 is 0 Å². The van der Waals surface area contributed by atoms with E-state index in [1.54, 1.807) is 48.0 Å². The van der Waals surface area contributed by atoms with Gasteiger partial charge in [0.1, 0.15) is 5.75 Å². The number of anilines is 2. The van der Waals surface area contributed by atoms with Gasteiger partial charge < -0.3 is 15.4 Å². The number of urea groups is 1. The summed E-state index contributed by atoms with van der Waals surface area (Å²) in [5, 5.41) is 6.16. The standard InChI is InChI=1S/C25H25N3O3S/c1-17-16-28(22-5-3-4-6-23(22)32-17)25(30)27-20-11-9-19(10-12-20)24(29)26-15-18-7-13-21(31-2)14-8-18/h3-14,17H,15-16H2,1-2H3,(H,26,29)(H,27,30)/t17-/m1/s1. The van der Waals surface area contributed by atoms with Gasteiger partial charge in [0.25, 0.3) is 5.91 Å². The van der Waals surface area contributed by atoms with Crippen LogP contribution >= 0.6 is 11.8 Å². The second-order valence-corrected chi connectivity index (χ2v) is 9.03. The van der Waals surface area contributed by atoms with Gasteiger partial charge in [0, 0.05) is 34.5 Å². The Hall–Kier alpha value is -3.45. The van der Waals surface area contributed by atoms with Crippen molar-refractivity contribution in [3.05, 3.63) is 83.9 Å². The second-order valence-electron chi connectivity index (χ2n) is 7.55. The Morgan fingerprint density at radius 3 is 2.47 bits per heavy atom. The molecule has 2 N–H and O–H groups in total. The minimum atomic E-state index is -0.179. The minimum absolute atomic E-state index is 0.172. The normalized spacial score (nSPS) is 14.9. The number of nitrogens with zero attached hydrogens (tertiary/aromatic N) is 1. The highest BCUT2D eigenvalue weighted by atomic mass is 32.2. The van der Waals surface area contributed by atoms with Gasteiger partial charge in [-0.1, -0.05) is 31.2 Å². The first kappa shape index (κ1) is 21.8. The number of para-hydroxylation sites is 1. The van der Waals surface area contributed by atoms with Gasteiger partial charge in [0.05, 0.1) is 12.8 Å². The summed E-state index contributed by atoms with van der Waals surface area (Å²) >= 11 is 1.78. The van der Waals surface area contributed by atoms with Crippen LogP contribution in [0.25, 0.3) is 0 Å². The quantitative estimate of drug-likeness (QED) is 0.567. The van der Waals surface area contributed by atoms with Crippen molar-refractivity contribution in [2.75, 3.05) is 23.9 Å². The number of rotatable bonds is 5. The maximum absolute atomic E-state index is 12.9. The predicted molar refractivity (Wildman–Crippen MR) is 129 cm³/mol. The lowest BCUT2D eigenvalue weighted by atomic mass is 10.1. The number of amides is 3. The van der Waals surface area contributed by atoms with Crippen LogP contribution in [-0.4, -0.2) is 30.8 Å². The number of fused-ring (bicyclic) bond motifs is 1. The Morgan fingerprint density at radius 2 is 1.75 bits per heavy atom. The molecule has 0 unspecified atom stereocenters. The van der Waals surface area contributed by atoms with Crippen molar-refractivity contribution in [3.63, 3.8) is 0 Å². The highest BCUT2D eigenvalue weighted by molar-refractivity contribution is 8.00. The summed E-state index contributed by atoms with van der Waals surface area (Å²) in [7, 11) is 1.62. The van der Waals surface area contributed by atoms with Crippen LogP contribution in [-0.2, 0) is 6.54 Å². The maximum Gasteiger partial charge on any atom is 0.326 e. The molecule has 0 radical (unpaired) electrons. The zero-order valence-electron chi connectivity index (χ0n) is 18.0. The third-order valence-electron chi connectivity index (χ3n) is 5.18. The van der Waals surface area contributed by atoms with E-state index in [1.165, 1.54) is 0 Å². The van der Waals surface area contributed by atoms with E-state index in [0.29, 0.717) is 29.6 Å². The molecule has 3 aromatic carbocycles. The van der Waals surface area contributed by atoms with Crippen molar-refractivity contribution < 1.29 is 14.3 Å². The van der Waals surface area contributed by atoms with Gasteiger partial charge in [-0.2, -0.15) is 0 Å². The second kappa shape index (κ2) is 9.78. The van der Waals surface area contributed by atoms with Gasteiger partial charge in [-0.05, 0) is 54.1 Å². The Balaban J connectivity index is 1.36. The van der Waals surface area contributed by atoms with E-state index in [9.17, 15) is 9.59 Å². The predicted octanol–water partition coefficient (Wildman–Crippen LogP) is 5.16. The first-order valence-electron chi connectivity index (χ1n) is 10.4. The molecule has 3 amide bonds. The molecule has 0 spiro atoms. The van der Waals surface area contributed by atoms with Crippen LogP contribution in [0.1, 0.15) is 22.8 Å².